The van der Waals surface area contributed by atoms with Crippen LogP contribution in [-0.4, -0.2) is 31.9 Å². The number of aromatic hydroxyl groups is 4. The van der Waals surface area contributed by atoms with Crippen LogP contribution in [0.5, 0.6) is 23.0 Å². The average Bonchev–Trinajstić information content (AvgIpc) is 2.52. The molecular formula is C18H19NO4. The summed E-state index contributed by atoms with van der Waals surface area (Å²) < 4.78 is 0. The fraction of sp³-hybridized carbons (Fsp3) is 0.333. The van der Waals surface area contributed by atoms with Gasteiger partial charge in [0.1, 0.15) is 0 Å². The molecule has 2 aliphatic heterocycles. The highest BCUT2D eigenvalue weighted by molar-refractivity contribution is 5.54. The molecule has 2 aliphatic rings. The third-order valence-corrected chi connectivity index (χ3v) is 5.24. The van der Waals surface area contributed by atoms with Crippen molar-refractivity contribution in [3.8, 4) is 23.0 Å². The van der Waals surface area contributed by atoms with E-state index < -0.39 is 0 Å². The average molecular weight is 313 g/mol. The van der Waals surface area contributed by atoms with E-state index in [9.17, 15) is 20.4 Å². The van der Waals surface area contributed by atoms with E-state index in [0.29, 0.717) is 6.54 Å². The van der Waals surface area contributed by atoms with Crippen LogP contribution in [0.2, 0.25) is 0 Å². The zero-order chi connectivity index (χ0) is 16.3. The molecule has 0 spiro atoms. The maximum Gasteiger partial charge on any atom is 0.162 e. The Labute approximate surface area is 134 Å². The third-order valence-electron chi connectivity index (χ3n) is 5.24. The van der Waals surface area contributed by atoms with Crippen molar-refractivity contribution in [3.05, 3.63) is 46.5 Å². The van der Waals surface area contributed by atoms with Gasteiger partial charge in [-0.1, -0.05) is 13.0 Å². The van der Waals surface area contributed by atoms with Crippen LogP contribution in [0.15, 0.2) is 24.3 Å². The predicted octanol–water partition coefficient (Wildman–Crippen LogP) is 2.73. The first-order valence-electron chi connectivity index (χ1n) is 7.80. The SMILES string of the molecule is CC1c2ccc(O)c(O)c2CN2CCc3cc(O)c(O)cc3C12. The summed E-state index contributed by atoms with van der Waals surface area (Å²) in [6.45, 7) is 3.46. The number of phenols is 4. The van der Waals surface area contributed by atoms with Gasteiger partial charge in [-0.3, -0.25) is 4.90 Å². The van der Waals surface area contributed by atoms with Gasteiger partial charge in [0, 0.05) is 30.6 Å². The van der Waals surface area contributed by atoms with Gasteiger partial charge < -0.3 is 20.4 Å². The summed E-state index contributed by atoms with van der Waals surface area (Å²) in [6, 6.07) is 6.78. The Bertz CT molecular complexity index is 802. The monoisotopic (exact) mass is 313 g/mol. The summed E-state index contributed by atoms with van der Waals surface area (Å²) in [4.78, 5) is 2.25. The normalized spacial score (nSPS) is 23.0. The van der Waals surface area contributed by atoms with Gasteiger partial charge in [0.2, 0.25) is 0 Å². The Kier molecular flexibility index (Phi) is 2.96. The number of rotatable bonds is 0. The van der Waals surface area contributed by atoms with E-state index >= 15 is 0 Å². The van der Waals surface area contributed by atoms with Crippen LogP contribution in [-0.2, 0) is 13.0 Å². The van der Waals surface area contributed by atoms with Crippen molar-refractivity contribution in [2.75, 3.05) is 6.54 Å². The van der Waals surface area contributed by atoms with Crippen molar-refractivity contribution in [2.45, 2.75) is 31.8 Å². The number of nitrogens with zero attached hydrogens (tertiary/aromatic N) is 1. The summed E-state index contributed by atoms with van der Waals surface area (Å²) in [5.74, 6) is -0.199. The molecule has 23 heavy (non-hydrogen) atoms. The molecule has 0 amide bonds. The second kappa shape index (κ2) is 4.80. The number of hydrogen-bond acceptors (Lipinski definition) is 5. The van der Waals surface area contributed by atoms with Gasteiger partial charge in [-0.2, -0.15) is 0 Å². The molecule has 2 aromatic rings. The highest BCUT2D eigenvalue weighted by atomic mass is 16.3. The molecule has 0 aromatic heterocycles. The van der Waals surface area contributed by atoms with E-state index in [1.54, 1.807) is 12.1 Å². The standard InChI is InChI=1S/C18H19NO4/c1-9-11-2-3-14(20)18(23)13(11)8-19-5-4-10-6-15(21)16(22)7-12(10)17(9)19/h2-3,6-7,9,17,20-23H,4-5,8H2,1H3. The molecule has 2 unspecified atom stereocenters. The van der Waals surface area contributed by atoms with Gasteiger partial charge >= 0.3 is 0 Å². The smallest absolute Gasteiger partial charge is 0.162 e. The molecule has 120 valence electrons. The summed E-state index contributed by atoms with van der Waals surface area (Å²) in [5, 5.41) is 39.6. The molecule has 0 bridgehead atoms. The van der Waals surface area contributed by atoms with E-state index in [4.69, 9.17) is 0 Å². The topological polar surface area (TPSA) is 84.2 Å². The van der Waals surface area contributed by atoms with Gasteiger partial charge in [-0.05, 0) is 41.3 Å². The van der Waals surface area contributed by atoms with Gasteiger partial charge in [-0.15, -0.1) is 0 Å². The van der Waals surface area contributed by atoms with Crippen LogP contribution < -0.4 is 0 Å². The molecule has 0 radical (unpaired) electrons. The van der Waals surface area contributed by atoms with Crippen LogP contribution in [0.1, 0.15) is 41.1 Å². The minimum atomic E-state index is -0.0999. The van der Waals surface area contributed by atoms with Crippen molar-refractivity contribution >= 4 is 0 Å². The van der Waals surface area contributed by atoms with Gasteiger partial charge in [0.15, 0.2) is 23.0 Å². The minimum Gasteiger partial charge on any atom is -0.504 e. The molecule has 0 saturated heterocycles. The molecule has 2 aromatic carbocycles. The second-order valence-corrected chi connectivity index (χ2v) is 6.49. The van der Waals surface area contributed by atoms with Crippen LogP contribution in [0.4, 0.5) is 0 Å². The first-order chi connectivity index (χ1) is 11.0. The van der Waals surface area contributed by atoms with Crippen molar-refractivity contribution in [1.82, 2.24) is 4.90 Å². The van der Waals surface area contributed by atoms with E-state index in [2.05, 4.69) is 11.8 Å². The Morgan fingerprint density at radius 1 is 0.957 bits per heavy atom. The molecule has 0 aliphatic carbocycles. The van der Waals surface area contributed by atoms with E-state index in [0.717, 1.165) is 35.2 Å². The first-order valence-corrected chi connectivity index (χ1v) is 7.80. The molecule has 5 nitrogen and oxygen atoms in total. The van der Waals surface area contributed by atoms with Crippen LogP contribution in [0.25, 0.3) is 0 Å². The van der Waals surface area contributed by atoms with Crippen molar-refractivity contribution in [3.63, 3.8) is 0 Å². The lowest BCUT2D eigenvalue weighted by Crippen LogP contribution is -2.41. The summed E-state index contributed by atoms with van der Waals surface area (Å²) in [6.07, 6.45) is 0.779. The summed E-state index contributed by atoms with van der Waals surface area (Å²) >= 11 is 0. The quantitative estimate of drug-likeness (QED) is 0.562. The van der Waals surface area contributed by atoms with Crippen LogP contribution in [0, 0.1) is 0 Å². The maximum absolute atomic E-state index is 10.2. The molecule has 4 N–H and O–H groups in total. The molecule has 0 saturated carbocycles. The van der Waals surface area contributed by atoms with Crippen molar-refractivity contribution in [2.24, 2.45) is 0 Å². The lowest BCUT2D eigenvalue weighted by molar-refractivity contribution is 0.136. The lowest BCUT2D eigenvalue weighted by Gasteiger charge is -2.45. The van der Waals surface area contributed by atoms with Crippen molar-refractivity contribution in [1.29, 1.82) is 0 Å². The first kappa shape index (κ1) is 14.2. The Morgan fingerprint density at radius 2 is 1.70 bits per heavy atom. The van der Waals surface area contributed by atoms with Crippen LogP contribution in [0.3, 0.4) is 0 Å². The molecule has 2 atom stereocenters. The van der Waals surface area contributed by atoms with Gasteiger partial charge in [0.25, 0.3) is 0 Å². The highest BCUT2D eigenvalue weighted by Crippen LogP contribution is 2.50. The Hall–Kier alpha value is -2.40. The molecule has 5 heteroatoms. The van der Waals surface area contributed by atoms with Gasteiger partial charge in [0.05, 0.1) is 0 Å². The Balaban J connectivity index is 1.86. The maximum atomic E-state index is 10.2. The van der Waals surface area contributed by atoms with Crippen molar-refractivity contribution < 1.29 is 20.4 Å². The third kappa shape index (κ3) is 1.96. The molecule has 0 fully saturated rings. The fourth-order valence-corrected chi connectivity index (χ4v) is 4.10. The van der Waals surface area contributed by atoms with Gasteiger partial charge in [-0.25, -0.2) is 0 Å². The molecule has 4 rings (SSSR count). The molecule has 2 heterocycles. The molecular weight excluding hydrogens is 294 g/mol. The highest BCUT2D eigenvalue weighted by Gasteiger charge is 2.38. The van der Waals surface area contributed by atoms with E-state index in [-0.39, 0.29) is 35.0 Å². The number of phenolic OH excluding ortho intramolecular Hbond substituents is 4. The number of benzene rings is 2. The second-order valence-electron chi connectivity index (χ2n) is 6.49. The fourth-order valence-electron chi connectivity index (χ4n) is 4.10. The zero-order valence-electron chi connectivity index (χ0n) is 12.8. The Morgan fingerprint density at radius 3 is 2.48 bits per heavy atom. The summed E-state index contributed by atoms with van der Waals surface area (Å²) in [5.41, 5.74) is 3.87. The lowest BCUT2D eigenvalue weighted by atomic mass is 9.77. The van der Waals surface area contributed by atoms with E-state index in [1.807, 2.05) is 6.07 Å². The summed E-state index contributed by atoms with van der Waals surface area (Å²) in [7, 11) is 0. The number of hydrogen-bond donors (Lipinski definition) is 4. The number of fused-ring (bicyclic) bond motifs is 4. The zero-order valence-corrected chi connectivity index (χ0v) is 12.8. The van der Waals surface area contributed by atoms with Crippen LogP contribution >= 0.6 is 0 Å². The predicted molar refractivity (Wildman–Crippen MR) is 84.8 cm³/mol. The largest absolute Gasteiger partial charge is 0.504 e. The minimum absolute atomic E-state index is 0.0350. The van der Waals surface area contributed by atoms with E-state index in [1.165, 1.54) is 6.07 Å².